The molecule has 0 saturated carbocycles. The van der Waals surface area contributed by atoms with Gasteiger partial charge < -0.3 is 15.8 Å². The first-order valence-corrected chi connectivity index (χ1v) is 7.84. The molecule has 1 aliphatic rings. The number of unbranched alkanes of at least 4 members (excludes halogenated alkanes) is 7. The highest BCUT2D eigenvalue weighted by Crippen LogP contribution is 2.15. The third-order valence-corrected chi connectivity index (χ3v) is 3.82. The monoisotopic (exact) mass is 270 g/mol. The predicted molar refractivity (Wildman–Crippen MR) is 78.0 cm³/mol. The Hall–Kier alpha value is -0.610. The molecule has 1 rings (SSSR count). The summed E-state index contributed by atoms with van der Waals surface area (Å²) in [6.07, 6.45) is 10.9. The van der Waals surface area contributed by atoms with Gasteiger partial charge in [-0.1, -0.05) is 51.9 Å². The molecular formula is C15H30N2O2. The van der Waals surface area contributed by atoms with Gasteiger partial charge in [0.05, 0.1) is 6.61 Å². The summed E-state index contributed by atoms with van der Waals surface area (Å²) >= 11 is 0. The van der Waals surface area contributed by atoms with Gasteiger partial charge in [-0.15, -0.1) is 0 Å². The van der Waals surface area contributed by atoms with Crippen LogP contribution >= 0.6 is 0 Å². The van der Waals surface area contributed by atoms with E-state index in [1.165, 1.54) is 44.9 Å². The largest absolute Gasteiger partial charge is 0.379 e. The van der Waals surface area contributed by atoms with Crippen LogP contribution in [0, 0.1) is 0 Å². The minimum atomic E-state index is -0.778. The highest BCUT2D eigenvalue weighted by Gasteiger charge is 2.37. The second-order valence-electron chi connectivity index (χ2n) is 5.69. The minimum absolute atomic E-state index is 0.0482. The van der Waals surface area contributed by atoms with Crippen LogP contribution in [0.1, 0.15) is 64.7 Å². The van der Waals surface area contributed by atoms with E-state index in [0.29, 0.717) is 19.6 Å². The number of ether oxygens (including phenoxy) is 1. The molecule has 0 aromatic heterocycles. The van der Waals surface area contributed by atoms with E-state index in [1.807, 2.05) is 0 Å². The normalized spacial score (nSPS) is 22.6. The fourth-order valence-corrected chi connectivity index (χ4v) is 2.40. The molecule has 1 unspecified atom stereocenters. The topological polar surface area (TPSA) is 64.4 Å². The third kappa shape index (κ3) is 6.39. The molecule has 1 amide bonds. The Bertz CT molecular complexity index is 251. The van der Waals surface area contributed by atoms with Crippen LogP contribution in [-0.2, 0) is 9.53 Å². The van der Waals surface area contributed by atoms with Crippen molar-refractivity contribution < 1.29 is 9.53 Å². The van der Waals surface area contributed by atoms with Crippen LogP contribution in [0.15, 0.2) is 0 Å². The summed E-state index contributed by atoms with van der Waals surface area (Å²) in [6, 6.07) is 0. The van der Waals surface area contributed by atoms with Crippen LogP contribution in [0.25, 0.3) is 0 Å². The minimum Gasteiger partial charge on any atom is -0.379 e. The SMILES string of the molecule is CCCCCCCCCCNC(=O)C1(N)CCOC1. The van der Waals surface area contributed by atoms with E-state index in [0.717, 1.165) is 13.0 Å². The van der Waals surface area contributed by atoms with Crippen LogP contribution in [0.3, 0.4) is 0 Å². The number of hydrogen-bond donors (Lipinski definition) is 2. The van der Waals surface area contributed by atoms with Gasteiger partial charge in [0.15, 0.2) is 0 Å². The van der Waals surface area contributed by atoms with Crippen LogP contribution in [-0.4, -0.2) is 31.2 Å². The Morgan fingerprint density at radius 1 is 1.16 bits per heavy atom. The first-order chi connectivity index (χ1) is 9.19. The summed E-state index contributed by atoms with van der Waals surface area (Å²) in [5.74, 6) is -0.0482. The summed E-state index contributed by atoms with van der Waals surface area (Å²) in [5.41, 5.74) is 5.20. The molecule has 0 spiro atoms. The van der Waals surface area contributed by atoms with E-state index in [-0.39, 0.29) is 5.91 Å². The lowest BCUT2D eigenvalue weighted by molar-refractivity contribution is -0.126. The van der Waals surface area contributed by atoms with Crippen molar-refractivity contribution in [2.75, 3.05) is 19.8 Å². The zero-order valence-corrected chi connectivity index (χ0v) is 12.4. The number of nitrogens with one attached hydrogen (secondary N) is 1. The van der Waals surface area contributed by atoms with Gasteiger partial charge in [0.1, 0.15) is 5.54 Å². The first kappa shape index (κ1) is 16.4. The second kappa shape index (κ2) is 9.32. The summed E-state index contributed by atoms with van der Waals surface area (Å²) in [4.78, 5) is 11.9. The van der Waals surface area contributed by atoms with Crippen molar-refractivity contribution in [3.63, 3.8) is 0 Å². The maximum Gasteiger partial charge on any atom is 0.242 e. The number of rotatable bonds is 10. The number of carbonyl (C=O) groups excluding carboxylic acids is 1. The fourth-order valence-electron chi connectivity index (χ4n) is 2.40. The number of amides is 1. The first-order valence-electron chi connectivity index (χ1n) is 7.84. The maximum absolute atomic E-state index is 11.9. The van der Waals surface area contributed by atoms with Crippen molar-refractivity contribution in [1.29, 1.82) is 0 Å². The summed E-state index contributed by atoms with van der Waals surface area (Å²) < 4.78 is 5.19. The van der Waals surface area contributed by atoms with Gasteiger partial charge in [0.25, 0.3) is 0 Å². The molecule has 19 heavy (non-hydrogen) atoms. The van der Waals surface area contributed by atoms with E-state index in [9.17, 15) is 4.79 Å². The molecule has 0 aliphatic carbocycles. The van der Waals surface area contributed by atoms with Crippen LogP contribution in [0.4, 0.5) is 0 Å². The molecule has 1 heterocycles. The Labute approximate surface area is 117 Å². The van der Waals surface area contributed by atoms with E-state index in [2.05, 4.69) is 12.2 Å². The molecule has 112 valence electrons. The average molecular weight is 270 g/mol. The van der Waals surface area contributed by atoms with Gasteiger partial charge in [-0.25, -0.2) is 0 Å². The molecule has 0 radical (unpaired) electrons. The Kier molecular flexibility index (Phi) is 8.07. The van der Waals surface area contributed by atoms with Crippen molar-refractivity contribution in [3.8, 4) is 0 Å². The van der Waals surface area contributed by atoms with Gasteiger partial charge >= 0.3 is 0 Å². The average Bonchev–Trinajstić information content (AvgIpc) is 2.85. The number of hydrogen-bond acceptors (Lipinski definition) is 3. The van der Waals surface area contributed by atoms with Gasteiger partial charge in [0.2, 0.25) is 5.91 Å². The zero-order valence-electron chi connectivity index (χ0n) is 12.4. The van der Waals surface area contributed by atoms with Gasteiger partial charge in [-0.3, -0.25) is 4.79 Å². The van der Waals surface area contributed by atoms with E-state index in [1.54, 1.807) is 0 Å². The van der Waals surface area contributed by atoms with Gasteiger partial charge in [0, 0.05) is 13.2 Å². The quantitative estimate of drug-likeness (QED) is 0.599. The van der Waals surface area contributed by atoms with Crippen molar-refractivity contribution in [1.82, 2.24) is 5.32 Å². The molecule has 3 N–H and O–H groups in total. The maximum atomic E-state index is 11.9. The highest BCUT2D eigenvalue weighted by molar-refractivity contribution is 5.86. The Morgan fingerprint density at radius 3 is 2.37 bits per heavy atom. The third-order valence-electron chi connectivity index (χ3n) is 3.82. The molecule has 1 atom stereocenters. The van der Waals surface area contributed by atoms with Crippen LogP contribution < -0.4 is 11.1 Å². The van der Waals surface area contributed by atoms with Crippen molar-refractivity contribution in [2.45, 2.75) is 70.3 Å². The lowest BCUT2D eigenvalue weighted by Crippen LogP contribution is -2.54. The van der Waals surface area contributed by atoms with E-state index >= 15 is 0 Å². The molecule has 0 aromatic rings. The molecule has 1 aliphatic heterocycles. The van der Waals surface area contributed by atoms with Gasteiger partial charge in [-0.2, -0.15) is 0 Å². The fraction of sp³-hybridized carbons (Fsp3) is 0.933. The summed E-state index contributed by atoms with van der Waals surface area (Å²) in [7, 11) is 0. The molecular weight excluding hydrogens is 240 g/mol. The molecule has 4 nitrogen and oxygen atoms in total. The number of carbonyl (C=O) groups is 1. The zero-order chi connectivity index (χ0) is 14.0. The van der Waals surface area contributed by atoms with Crippen LogP contribution in [0.2, 0.25) is 0 Å². The number of nitrogens with two attached hydrogens (primary N) is 1. The Balaban J connectivity index is 1.92. The predicted octanol–water partition coefficient (Wildman–Crippen LogP) is 2.36. The molecule has 0 bridgehead atoms. The van der Waals surface area contributed by atoms with E-state index in [4.69, 9.17) is 10.5 Å². The smallest absolute Gasteiger partial charge is 0.242 e. The van der Waals surface area contributed by atoms with Crippen LogP contribution in [0.5, 0.6) is 0 Å². The van der Waals surface area contributed by atoms with Crippen molar-refractivity contribution in [3.05, 3.63) is 0 Å². The lowest BCUT2D eigenvalue weighted by Gasteiger charge is -2.20. The summed E-state index contributed by atoms with van der Waals surface area (Å²) in [6.45, 7) is 3.94. The lowest BCUT2D eigenvalue weighted by atomic mass is 9.99. The highest BCUT2D eigenvalue weighted by atomic mass is 16.5. The van der Waals surface area contributed by atoms with Crippen molar-refractivity contribution >= 4 is 5.91 Å². The standard InChI is InChI=1S/C15H30N2O2/c1-2-3-4-5-6-7-8-9-11-17-14(18)15(16)10-12-19-13-15/h2-13,16H2,1H3,(H,17,18). The molecule has 4 heteroatoms. The molecule has 0 aromatic carbocycles. The summed E-state index contributed by atoms with van der Waals surface area (Å²) in [5, 5.41) is 2.93. The van der Waals surface area contributed by atoms with E-state index < -0.39 is 5.54 Å². The molecule has 1 fully saturated rings. The van der Waals surface area contributed by atoms with Crippen molar-refractivity contribution in [2.24, 2.45) is 5.73 Å². The second-order valence-corrected chi connectivity index (χ2v) is 5.69. The molecule has 1 saturated heterocycles. The van der Waals surface area contributed by atoms with Gasteiger partial charge in [-0.05, 0) is 12.8 Å². The Morgan fingerprint density at radius 2 is 1.79 bits per heavy atom.